The standard InChI is InChI=1S/C34H40F6O4/c1-2-3-4-5-23-6-8-24(9-7-23)10-11-25-12-16-27(17-13-25)33(36,37)43-28-18-14-26(15-19-28)32(41)42-29-20-21-31(30(35)22-29)44-34(38,39)40/h3-4,6-9,20-22,25-28H,2,5,10-19H2,1H3/b4-3-. The largest absolute Gasteiger partial charge is 0.573 e. The molecule has 2 aliphatic rings. The van der Waals surface area contributed by atoms with E-state index in [0.717, 1.165) is 50.7 Å². The monoisotopic (exact) mass is 626 g/mol. The number of carbonyl (C=O) groups excluding carboxylic acids is 1. The van der Waals surface area contributed by atoms with Crippen LogP contribution in [0.3, 0.4) is 0 Å². The molecule has 0 amide bonds. The van der Waals surface area contributed by atoms with E-state index in [1.165, 1.54) is 11.1 Å². The molecular weight excluding hydrogens is 586 g/mol. The molecule has 0 unspecified atom stereocenters. The lowest BCUT2D eigenvalue weighted by atomic mass is 9.79. The predicted molar refractivity (Wildman–Crippen MR) is 154 cm³/mol. The van der Waals surface area contributed by atoms with Gasteiger partial charge in [-0.3, -0.25) is 4.79 Å². The molecule has 10 heteroatoms. The van der Waals surface area contributed by atoms with Crippen LogP contribution in [-0.2, 0) is 22.4 Å². The second-order valence-corrected chi connectivity index (χ2v) is 11.9. The van der Waals surface area contributed by atoms with Crippen LogP contribution in [0.25, 0.3) is 0 Å². The zero-order chi connectivity index (χ0) is 31.7. The first-order valence-corrected chi connectivity index (χ1v) is 15.5. The van der Waals surface area contributed by atoms with Crippen molar-refractivity contribution in [3.8, 4) is 11.5 Å². The highest BCUT2D eigenvalue weighted by Crippen LogP contribution is 2.43. The van der Waals surface area contributed by atoms with Crippen LogP contribution < -0.4 is 9.47 Å². The zero-order valence-corrected chi connectivity index (χ0v) is 24.9. The summed E-state index contributed by atoms with van der Waals surface area (Å²) in [6.45, 7) is 2.11. The van der Waals surface area contributed by atoms with Gasteiger partial charge in [0.2, 0.25) is 0 Å². The normalized spacial score (nSPS) is 23.1. The highest BCUT2D eigenvalue weighted by atomic mass is 19.4. The van der Waals surface area contributed by atoms with Crippen LogP contribution in [0.1, 0.15) is 82.3 Å². The molecule has 0 bridgehead atoms. The molecular formula is C34H40F6O4. The molecule has 4 rings (SSSR count). The Morgan fingerprint density at radius 3 is 2.14 bits per heavy atom. The maximum atomic E-state index is 15.1. The summed E-state index contributed by atoms with van der Waals surface area (Å²) in [5, 5.41) is 0. The van der Waals surface area contributed by atoms with Crippen molar-refractivity contribution in [1.82, 2.24) is 0 Å². The first-order valence-electron chi connectivity index (χ1n) is 15.5. The third-order valence-electron chi connectivity index (χ3n) is 8.62. The van der Waals surface area contributed by atoms with Gasteiger partial charge >= 0.3 is 18.4 Å². The van der Waals surface area contributed by atoms with E-state index in [4.69, 9.17) is 9.47 Å². The number of alkyl halides is 5. The Balaban J connectivity index is 1.16. The topological polar surface area (TPSA) is 44.8 Å². The van der Waals surface area contributed by atoms with Crippen molar-refractivity contribution in [3.63, 3.8) is 0 Å². The SMILES string of the molecule is CC/C=C\Cc1ccc(CCC2CCC(C(F)(F)OC3CCC(C(=O)Oc4ccc(OC(F)(F)F)c(F)c4)CC3)CC2)cc1. The van der Waals surface area contributed by atoms with Crippen LogP contribution in [0.4, 0.5) is 26.3 Å². The van der Waals surface area contributed by atoms with Crippen molar-refractivity contribution in [1.29, 1.82) is 0 Å². The summed E-state index contributed by atoms with van der Waals surface area (Å²) >= 11 is 0. The Labute approximate surface area is 254 Å². The lowest BCUT2D eigenvalue weighted by Crippen LogP contribution is -2.39. The molecule has 2 fully saturated rings. The van der Waals surface area contributed by atoms with E-state index in [9.17, 15) is 22.4 Å². The molecule has 4 nitrogen and oxygen atoms in total. The highest BCUT2D eigenvalue weighted by molar-refractivity contribution is 5.75. The second kappa shape index (κ2) is 15.3. The number of halogens is 6. The highest BCUT2D eigenvalue weighted by Gasteiger charge is 2.45. The van der Waals surface area contributed by atoms with Gasteiger partial charge in [-0.25, -0.2) is 4.39 Å². The number of aryl methyl sites for hydroxylation is 1. The Bertz CT molecular complexity index is 1230. The molecule has 0 aromatic heterocycles. The number of benzene rings is 2. The molecule has 2 aromatic rings. The van der Waals surface area contributed by atoms with Crippen molar-refractivity contribution in [3.05, 3.63) is 71.6 Å². The van der Waals surface area contributed by atoms with Crippen molar-refractivity contribution in [2.45, 2.75) is 103 Å². The summed E-state index contributed by atoms with van der Waals surface area (Å²) in [7, 11) is 0. The van der Waals surface area contributed by atoms with Gasteiger partial charge in [0.25, 0.3) is 0 Å². The van der Waals surface area contributed by atoms with Crippen LogP contribution in [0.5, 0.6) is 11.5 Å². The number of allylic oxidation sites excluding steroid dienone is 2. The van der Waals surface area contributed by atoms with Gasteiger partial charge < -0.3 is 14.2 Å². The molecule has 0 aliphatic heterocycles. The molecule has 44 heavy (non-hydrogen) atoms. The number of hydrogen-bond donors (Lipinski definition) is 0. The van der Waals surface area contributed by atoms with Crippen molar-refractivity contribution in [2.24, 2.45) is 17.8 Å². The summed E-state index contributed by atoms with van der Waals surface area (Å²) in [6.07, 6.45) is 2.49. The fraction of sp³-hybridized carbons (Fsp3) is 0.559. The molecule has 2 saturated carbocycles. The zero-order valence-electron chi connectivity index (χ0n) is 24.9. The van der Waals surface area contributed by atoms with Gasteiger partial charge in [0.15, 0.2) is 11.6 Å². The van der Waals surface area contributed by atoms with E-state index in [1.54, 1.807) is 0 Å². The third-order valence-corrected chi connectivity index (χ3v) is 8.62. The van der Waals surface area contributed by atoms with E-state index in [2.05, 4.69) is 48.1 Å². The number of carbonyl (C=O) groups is 1. The van der Waals surface area contributed by atoms with Crippen LogP contribution in [0.15, 0.2) is 54.6 Å². The fourth-order valence-electron chi connectivity index (χ4n) is 6.07. The Morgan fingerprint density at radius 1 is 0.864 bits per heavy atom. The summed E-state index contributed by atoms with van der Waals surface area (Å²) < 4.78 is 95.1. The summed E-state index contributed by atoms with van der Waals surface area (Å²) in [5.41, 5.74) is 2.54. The molecule has 242 valence electrons. The molecule has 2 aromatic carbocycles. The molecule has 0 spiro atoms. The molecule has 0 radical (unpaired) electrons. The number of hydrogen-bond acceptors (Lipinski definition) is 4. The minimum Gasteiger partial charge on any atom is -0.426 e. The smallest absolute Gasteiger partial charge is 0.426 e. The summed E-state index contributed by atoms with van der Waals surface area (Å²) in [5.74, 6) is -4.37. The van der Waals surface area contributed by atoms with Crippen molar-refractivity contribution < 1.29 is 45.3 Å². The maximum absolute atomic E-state index is 15.1. The van der Waals surface area contributed by atoms with Crippen molar-refractivity contribution in [2.75, 3.05) is 0 Å². The molecule has 2 aliphatic carbocycles. The molecule has 0 heterocycles. The first-order chi connectivity index (χ1) is 20.9. The average Bonchev–Trinajstić information content (AvgIpc) is 2.98. The van der Waals surface area contributed by atoms with E-state index < -0.39 is 47.9 Å². The van der Waals surface area contributed by atoms with Gasteiger partial charge in [-0.2, -0.15) is 8.78 Å². The fourth-order valence-corrected chi connectivity index (χ4v) is 6.07. The maximum Gasteiger partial charge on any atom is 0.573 e. The van der Waals surface area contributed by atoms with E-state index >= 15 is 8.78 Å². The van der Waals surface area contributed by atoms with Crippen LogP contribution in [0, 0.1) is 23.6 Å². The molecule has 0 saturated heterocycles. The van der Waals surface area contributed by atoms with Gasteiger partial charge in [-0.15, -0.1) is 13.2 Å². The van der Waals surface area contributed by atoms with E-state index in [0.29, 0.717) is 24.8 Å². The van der Waals surface area contributed by atoms with Gasteiger partial charge in [-0.1, -0.05) is 43.3 Å². The Kier molecular flexibility index (Phi) is 11.8. The van der Waals surface area contributed by atoms with Crippen LogP contribution in [-0.4, -0.2) is 24.5 Å². The minimum atomic E-state index is -5.06. The lowest BCUT2D eigenvalue weighted by molar-refractivity contribution is -0.301. The first kappa shape index (κ1) is 33.9. The van der Waals surface area contributed by atoms with Crippen LogP contribution in [0.2, 0.25) is 0 Å². The number of ether oxygens (including phenoxy) is 3. The van der Waals surface area contributed by atoms with Gasteiger partial charge in [-0.05, 0) is 106 Å². The van der Waals surface area contributed by atoms with E-state index in [-0.39, 0.29) is 31.4 Å². The van der Waals surface area contributed by atoms with Gasteiger partial charge in [0.05, 0.1) is 17.9 Å². The second-order valence-electron chi connectivity index (χ2n) is 11.9. The van der Waals surface area contributed by atoms with Crippen LogP contribution >= 0.6 is 0 Å². The van der Waals surface area contributed by atoms with Gasteiger partial charge in [0, 0.05) is 6.07 Å². The molecule has 0 atom stereocenters. The Hall–Kier alpha value is -3.01. The lowest BCUT2D eigenvalue weighted by Gasteiger charge is -2.36. The van der Waals surface area contributed by atoms with Gasteiger partial charge in [0.1, 0.15) is 5.75 Å². The quantitative estimate of drug-likeness (QED) is 0.102. The average molecular weight is 627 g/mol. The minimum absolute atomic E-state index is 0.241. The number of rotatable bonds is 12. The molecule has 0 N–H and O–H groups in total. The van der Waals surface area contributed by atoms with E-state index in [1.807, 2.05) is 0 Å². The Morgan fingerprint density at radius 2 is 1.52 bits per heavy atom. The summed E-state index contributed by atoms with van der Waals surface area (Å²) in [4.78, 5) is 12.5. The van der Waals surface area contributed by atoms with Crippen molar-refractivity contribution >= 4 is 5.97 Å². The summed E-state index contributed by atoms with van der Waals surface area (Å²) in [6, 6.07) is 11.0. The third kappa shape index (κ3) is 10.3. The predicted octanol–water partition coefficient (Wildman–Crippen LogP) is 9.75. The number of esters is 1.